The molecule has 5 heteroatoms. The quantitative estimate of drug-likeness (QED) is 0.416. The third-order valence-corrected chi connectivity index (χ3v) is 8.12. The second-order valence-corrected chi connectivity index (χ2v) is 10.9. The van der Waals surface area contributed by atoms with Crippen LogP contribution in [0.15, 0.2) is 35.3 Å². The van der Waals surface area contributed by atoms with Gasteiger partial charge in [-0.2, -0.15) is 0 Å². The van der Waals surface area contributed by atoms with E-state index in [1.54, 1.807) is 10.8 Å². The molecular weight excluding hydrogens is 414 g/mol. The molecule has 0 amide bonds. The Morgan fingerprint density at radius 2 is 1.82 bits per heavy atom. The van der Waals surface area contributed by atoms with Gasteiger partial charge in [0.05, 0.1) is 13.2 Å². The minimum absolute atomic E-state index is 0.0703. The molecule has 0 bridgehead atoms. The van der Waals surface area contributed by atoms with Crippen LogP contribution in [0, 0.1) is 17.8 Å². The predicted octanol–water partition coefficient (Wildman–Crippen LogP) is 5.72. The Bertz CT molecular complexity index is 1060. The second-order valence-electron chi connectivity index (χ2n) is 10.9. The van der Waals surface area contributed by atoms with Gasteiger partial charge >= 0.3 is 0 Å². The van der Waals surface area contributed by atoms with E-state index < -0.39 is 5.79 Å². The fourth-order valence-electron chi connectivity index (χ4n) is 6.17. The number of hydrogen-bond donors (Lipinski definition) is 0. The lowest BCUT2D eigenvalue weighted by Gasteiger charge is -2.38. The van der Waals surface area contributed by atoms with Crippen molar-refractivity contribution in [1.29, 1.82) is 0 Å². The number of carbonyl (C=O) groups is 1. The van der Waals surface area contributed by atoms with Crippen LogP contribution in [0.1, 0.15) is 82.0 Å². The number of hydrogen-bond acceptors (Lipinski definition) is 4. The summed E-state index contributed by atoms with van der Waals surface area (Å²) in [6, 6.07) is 7.54. The first-order valence-electron chi connectivity index (χ1n) is 12.9. The number of ketones is 1. The van der Waals surface area contributed by atoms with Gasteiger partial charge in [0.25, 0.3) is 5.56 Å². The van der Waals surface area contributed by atoms with Gasteiger partial charge in [-0.1, -0.05) is 50.7 Å². The zero-order chi connectivity index (χ0) is 23.0. The van der Waals surface area contributed by atoms with Crippen molar-refractivity contribution in [3.8, 4) is 0 Å². The minimum Gasteiger partial charge on any atom is -0.348 e. The van der Waals surface area contributed by atoms with Crippen molar-refractivity contribution in [1.82, 2.24) is 4.57 Å². The summed E-state index contributed by atoms with van der Waals surface area (Å²) < 4.78 is 13.2. The number of Topliss-reactive ketones (excluding diaryl/α,β-unsaturated/α-hetero) is 1. The molecule has 1 saturated heterocycles. The second kappa shape index (κ2) is 9.34. The van der Waals surface area contributed by atoms with Crippen molar-refractivity contribution in [3.05, 3.63) is 46.4 Å². The van der Waals surface area contributed by atoms with E-state index in [-0.39, 0.29) is 23.4 Å². The molecule has 0 spiro atoms. The molecule has 3 aliphatic rings. The topological polar surface area (TPSA) is 57.5 Å². The van der Waals surface area contributed by atoms with E-state index in [0.717, 1.165) is 17.7 Å². The first-order valence-corrected chi connectivity index (χ1v) is 12.9. The largest absolute Gasteiger partial charge is 0.348 e. The Hall–Kier alpha value is -1.98. The number of pyridine rings is 1. The summed E-state index contributed by atoms with van der Waals surface area (Å²) in [5.41, 5.74) is 0.646. The Morgan fingerprint density at radius 1 is 1.03 bits per heavy atom. The van der Waals surface area contributed by atoms with E-state index in [0.29, 0.717) is 30.0 Å². The van der Waals surface area contributed by atoms with Crippen LogP contribution in [0.4, 0.5) is 0 Å². The smallest absolute Gasteiger partial charge is 0.258 e. The fraction of sp³-hybridized carbons (Fsp3) is 0.643. The number of nitrogens with zero attached hydrogens (tertiary/aromatic N) is 1. The van der Waals surface area contributed by atoms with Gasteiger partial charge in [0, 0.05) is 23.1 Å². The van der Waals surface area contributed by atoms with Crippen molar-refractivity contribution in [2.75, 3.05) is 6.61 Å². The molecule has 33 heavy (non-hydrogen) atoms. The standard InChI is InChI=1S/C28H37NO4/c1-28(2)32-18-21(33-28)17-29-15-14-23-24(10-7-11-25(23)27(29)31)26(30)22-13-12-20(22)16-19-8-5-3-4-6-9-19/h7,10-11,14-15,19-22H,3-6,8-9,12-13,16-18H2,1-2H3. The lowest BCUT2D eigenvalue weighted by molar-refractivity contribution is -0.139. The number of benzene rings is 1. The van der Waals surface area contributed by atoms with Gasteiger partial charge in [-0.3, -0.25) is 9.59 Å². The van der Waals surface area contributed by atoms with Crippen LogP contribution < -0.4 is 5.56 Å². The summed E-state index contributed by atoms with van der Waals surface area (Å²) in [7, 11) is 0. The Balaban J connectivity index is 1.33. The molecule has 5 nitrogen and oxygen atoms in total. The summed E-state index contributed by atoms with van der Waals surface area (Å²) in [5, 5.41) is 1.40. The van der Waals surface area contributed by atoms with Crippen LogP contribution in [-0.2, 0) is 16.0 Å². The van der Waals surface area contributed by atoms with Crippen molar-refractivity contribution < 1.29 is 14.3 Å². The highest BCUT2D eigenvalue weighted by molar-refractivity contribution is 6.09. The maximum absolute atomic E-state index is 13.6. The number of carbonyl (C=O) groups excluding carboxylic acids is 1. The van der Waals surface area contributed by atoms with Crippen LogP contribution >= 0.6 is 0 Å². The molecule has 1 aliphatic heterocycles. The summed E-state index contributed by atoms with van der Waals surface area (Å²) in [6.07, 6.45) is 13.1. The number of fused-ring (bicyclic) bond motifs is 1. The first kappa shape index (κ1) is 22.8. The molecular formula is C28H37NO4. The highest BCUT2D eigenvalue weighted by Gasteiger charge is 2.38. The molecule has 1 aromatic heterocycles. The molecule has 178 valence electrons. The molecule has 3 atom stereocenters. The number of ether oxygens (including phenoxy) is 2. The summed E-state index contributed by atoms with van der Waals surface area (Å²) in [5.74, 6) is 1.05. The molecule has 2 saturated carbocycles. The zero-order valence-corrected chi connectivity index (χ0v) is 20.1. The van der Waals surface area contributed by atoms with Crippen LogP contribution in [0.3, 0.4) is 0 Å². The lowest BCUT2D eigenvalue weighted by Crippen LogP contribution is -2.34. The monoisotopic (exact) mass is 451 g/mol. The predicted molar refractivity (Wildman–Crippen MR) is 129 cm³/mol. The third kappa shape index (κ3) is 4.81. The van der Waals surface area contributed by atoms with E-state index in [4.69, 9.17) is 9.47 Å². The van der Waals surface area contributed by atoms with Gasteiger partial charge in [-0.05, 0) is 62.5 Å². The number of aromatic nitrogens is 1. The van der Waals surface area contributed by atoms with Crippen molar-refractivity contribution >= 4 is 16.6 Å². The van der Waals surface area contributed by atoms with Crippen LogP contribution in [0.5, 0.6) is 0 Å². The SMILES string of the molecule is CC1(C)OCC(Cn2ccc3c(C(=O)C4CCC4CC4CCCCCC4)cccc3c2=O)O1. The fourth-order valence-corrected chi connectivity index (χ4v) is 6.17. The minimum atomic E-state index is -0.610. The van der Waals surface area contributed by atoms with Crippen molar-refractivity contribution in [2.24, 2.45) is 17.8 Å². The molecule has 2 heterocycles. The summed E-state index contributed by atoms with van der Waals surface area (Å²) in [4.78, 5) is 26.8. The van der Waals surface area contributed by atoms with Gasteiger partial charge < -0.3 is 14.0 Å². The van der Waals surface area contributed by atoms with Crippen LogP contribution in [0.2, 0.25) is 0 Å². The van der Waals surface area contributed by atoms with Crippen molar-refractivity contribution in [3.63, 3.8) is 0 Å². The Morgan fingerprint density at radius 3 is 2.48 bits per heavy atom. The number of rotatable bonds is 6. The maximum Gasteiger partial charge on any atom is 0.258 e. The zero-order valence-electron chi connectivity index (χ0n) is 20.1. The molecule has 2 aromatic rings. The molecule has 1 aromatic carbocycles. The lowest BCUT2D eigenvalue weighted by atomic mass is 9.66. The third-order valence-electron chi connectivity index (χ3n) is 8.12. The Labute approximate surface area is 196 Å². The summed E-state index contributed by atoms with van der Waals surface area (Å²) >= 11 is 0. The molecule has 5 rings (SSSR count). The molecule has 0 N–H and O–H groups in total. The first-order chi connectivity index (χ1) is 15.9. The van der Waals surface area contributed by atoms with E-state index in [1.807, 2.05) is 38.1 Å². The van der Waals surface area contributed by atoms with Crippen molar-refractivity contribution in [2.45, 2.75) is 90.1 Å². The molecule has 0 radical (unpaired) electrons. The van der Waals surface area contributed by atoms with Crippen LogP contribution in [-0.4, -0.2) is 28.8 Å². The molecule has 3 unspecified atom stereocenters. The van der Waals surface area contributed by atoms with Crippen LogP contribution in [0.25, 0.3) is 10.8 Å². The molecule has 2 aliphatic carbocycles. The van der Waals surface area contributed by atoms with E-state index >= 15 is 0 Å². The van der Waals surface area contributed by atoms with E-state index in [9.17, 15) is 9.59 Å². The van der Waals surface area contributed by atoms with E-state index in [1.165, 1.54) is 51.4 Å². The normalized spacial score (nSPS) is 27.9. The van der Waals surface area contributed by atoms with Gasteiger partial charge in [-0.25, -0.2) is 0 Å². The Kier molecular flexibility index (Phi) is 6.45. The van der Waals surface area contributed by atoms with Gasteiger partial charge in [-0.15, -0.1) is 0 Å². The van der Waals surface area contributed by atoms with E-state index in [2.05, 4.69) is 0 Å². The summed E-state index contributed by atoms with van der Waals surface area (Å²) in [6.45, 7) is 4.69. The highest BCUT2D eigenvalue weighted by atomic mass is 16.7. The van der Waals surface area contributed by atoms with Gasteiger partial charge in [0.2, 0.25) is 0 Å². The van der Waals surface area contributed by atoms with Gasteiger partial charge in [0.15, 0.2) is 11.6 Å². The van der Waals surface area contributed by atoms with Gasteiger partial charge in [0.1, 0.15) is 6.10 Å². The average molecular weight is 452 g/mol. The highest BCUT2D eigenvalue weighted by Crippen LogP contribution is 2.43. The molecule has 3 fully saturated rings. The average Bonchev–Trinajstić information content (AvgIpc) is 2.96. The maximum atomic E-state index is 13.6.